The average molecular weight is 399 g/mol. The van der Waals surface area contributed by atoms with Crippen LogP contribution in [0.2, 0.25) is 0 Å². The maximum Gasteiger partial charge on any atom is 0.191 e. The number of aromatic nitrogens is 1. The number of benzene rings is 1. The molecular formula is C16H20BrFN4S. The van der Waals surface area contributed by atoms with Crippen LogP contribution in [0.5, 0.6) is 0 Å². The van der Waals surface area contributed by atoms with Gasteiger partial charge in [0.15, 0.2) is 5.96 Å². The Morgan fingerprint density at radius 1 is 1.35 bits per heavy atom. The molecule has 0 atom stereocenters. The van der Waals surface area contributed by atoms with Gasteiger partial charge >= 0.3 is 0 Å². The van der Waals surface area contributed by atoms with Crippen molar-refractivity contribution in [2.45, 2.75) is 32.9 Å². The molecule has 0 saturated heterocycles. The van der Waals surface area contributed by atoms with Gasteiger partial charge in [-0.3, -0.25) is 4.99 Å². The van der Waals surface area contributed by atoms with E-state index < -0.39 is 0 Å². The summed E-state index contributed by atoms with van der Waals surface area (Å²) in [5.41, 5.74) is 1.69. The molecule has 0 unspecified atom stereocenters. The highest BCUT2D eigenvalue weighted by atomic mass is 79.9. The van der Waals surface area contributed by atoms with E-state index in [4.69, 9.17) is 0 Å². The SMILES string of the molecule is CN=C(NCc1nc(C(C)C)cs1)NCc1ccc(Br)cc1F. The second kappa shape index (κ2) is 8.40. The number of thiazole rings is 1. The predicted octanol–water partition coefficient (Wildman–Crippen LogP) is 4.03. The Kier molecular flexibility index (Phi) is 6.53. The third-order valence-electron chi connectivity index (χ3n) is 3.25. The average Bonchev–Trinajstić information content (AvgIpc) is 2.98. The maximum absolute atomic E-state index is 13.8. The zero-order valence-corrected chi connectivity index (χ0v) is 15.8. The lowest BCUT2D eigenvalue weighted by Gasteiger charge is -2.11. The molecule has 1 aromatic carbocycles. The van der Waals surface area contributed by atoms with Crippen molar-refractivity contribution in [3.63, 3.8) is 0 Å². The van der Waals surface area contributed by atoms with Crippen LogP contribution in [0.1, 0.15) is 36.0 Å². The number of guanidine groups is 1. The van der Waals surface area contributed by atoms with E-state index >= 15 is 0 Å². The molecule has 23 heavy (non-hydrogen) atoms. The van der Waals surface area contributed by atoms with Crippen molar-refractivity contribution in [3.05, 3.63) is 50.1 Å². The predicted molar refractivity (Wildman–Crippen MR) is 97.3 cm³/mol. The first-order valence-corrected chi connectivity index (χ1v) is 8.99. The molecule has 0 saturated carbocycles. The summed E-state index contributed by atoms with van der Waals surface area (Å²) < 4.78 is 14.5. The lowest BCUT2D eigenvalue weighted by atomic mass is 10.2. The van der Waals surface area contributed by atoms with Gasteiger partial charge in [-0.15, -0.1) is 11.3 Å². The summed E-state index contributed by atoms with van der Waals surface area (Å²) in [7, 11) is 1.69. The van der Waals surface area contributed by atoms with Crippen LogP contribution in [0.25, 0.3) is 0 Å². The molecule has 7 heteroatoms. The Hall–Kier alpha value is -1.47. The lowest BCUT2D eigenvalue weighted by molar-refractivity contribution is 0.603. The third-order valence-corrected chi connectivity index (χ3v) is 4.61. The monoisotopic (exact) mass is 398 g/mol. The number of rotatable bonds is 5. The van der Waals surface area contributed by atoms with Gasteiger partial charge in [0.2, 0.25) is 0 Å². The van der Waals surface area contributed by atoms with E-state index in [1.165, 1.54) is 6.07 Å². The van der Waals surface area contributed by atoms with E-state index in [2.05, 4.69) is 55.8 Å². The van der Waals surface area contributed by atoms with E-state index in [1.54, 1.807) is 24.5 Å². The lowest BCUT2D eigenvalue weighted by Crippen LogP contribution is -2.36. The van der Waals surface area contributed by atoms with Gasteiger partial charge < -0.3 is 10.6 Å². The summed E-state index contributed by atoms with van der Waals surface area (Å²) >= 11 is 4.88. The van der Waals surface area contributed by atoms with Crippen LogP contribution in [0, 0.1) is 5.82 Å². The number of aliphatic imine (C=N–C) groups is 1. The van der Waals surface area contributed by atoms with Crippen LogP contribution in [-0.2, 0) is 13.1 Å². The Bertz CT molecular complexity index is 684. The second-order valence-electron chi connectivity index (χ2n) is 5.34. The molecule has 124 valence electrons. The van der Waals surface area contributed by atoms with Crippen LogP contribution >= 0.6 is 27.3 Å². The minimum atomic E-state index is -0.246. The van der Waals surface area contributed by atoms with Gasteiger partial charge in [0.25, 0.3) is 0 Å². The summed E-state index contributed by atoms with van der Waals surface area (Å²) in [4.78, 5) is 8.71. The molecule has 0 aliphatic heterocycles. The second-order valence-corrected chi connectivity index (χ2v) is 7.19. The topological polar surface area (TPSA) is 49.3 Å². The highest BCUT2D eigenvalue weighted by Crippen LogP contribution is 2.17. The number of hydrogen-bond acceptors (Lipinski definition) is 3. The summed E-state index contributed by atoms with van der Waals surface area (Å²) in [5, 5.41) is 9.38. The zero-order chi connectivity index (χ0) is 16.8. The highest BCUT2D eigenvalue weighted by Gasteiger charge is 2.07. The van der Waals surface area contributed by atoms with E-state index in [-0.39, 0.29) is 5.82 Å². The molecule has 0 aliphatic rings. The molecule has 0 fully saturated rings. The molecule has 0 amide bonds. The summed E-state index contributed by atoms with van der Waals surface area (Å²) in [6.45, 7) is 5.22. The number of nitrogens with zero attached hydrogens (tertiary/aromatic N) is 2. The van der Waals surface area contributed by atoms with Crippen molar-refractivity contribution in [3.8, 4) is 0 Å². The van der Waals surface area contributed by atoms with Gasteiger partial charge in [0.05, 0.1) is 12.2 Å². The van der Waals surface area contributed by atoms with E-state index in [0.29, 0.717) is 30.5 Å². The molecule has 0 aliphatic carbocycles. The van der Waals surface area contributed by atoms with E-state index in [0.717, 1.165) is 15.2 Å². The first-order chi connectivity index (χ1) is 11.0. The van der Waals surface area contributed by atoms with E-state index in [9.17, 15) is 4.39 Å². The van der Waals surface area contributed by atoms with Crippen LogP contribution in [-0.4, -0.2) is 18.0 Å². The fourth-order valence-corrected chi connectivity index (χ4v) is 3.12. The largest absolute Gasteiger partial charge is 0.352 e. The summed E-state index contributed by atoms with van der Waals surface area (Å²) in [6, 6.07) is 5.02. The Labute approximate surface area is 148 Å². The van der Waals surface area contributed by atoms with Crippen molar-refractivity contribution >= 4 is 33.2 Å². The number of hydrogen-bond donors (Lipinski definition) is 2. The number of halogens is 2. The fourth-order valence-electron chi connectivity index (χ4n) is 1.90. The van der Waals surface area contributed by atoms with Crippen LogP contribution in [0.3, 0.4) is 0 Å². The normalized spacial score (nSPS) is 11.8. The first kappa shape index (κ1) is 17.9. The minimum absolute atomic E-state index is 0.246. The molecule has 2 N–H and O–H groups in total. The van der Waals surface area contributed by atoms with E-state index in [1.807, 2.05) is 6.07 Å². The van der Waals surface area contributed by atoms with Gasteiger partial charge in [0.1, 0.15) is 10.8 Å². The van der Waals surface area contributed by atoms with Crippen LogP contribution in [0.15, 0.2) is 33.0 Å². The van der Waals surface area contributed by atoms with Crippen molar-refractivity contribution in [2.75, 3.05) is 7.05 Å². The molecule has 0 radical (unpaired) electrons. The molecular weight excluding hydrogens is 379 g/mol. The van der Waals surface area contributed by atoms with Gasteiger partial charge in [-0.2, -0.15) is 0 Å². The van der Waals surface area contributed by atoms with Gasteiger partial charge in [-0.25, -0.2) is 9.37 Å². The minimum Gasteiger partial charge on any atom is -0.352 e. The molecule has 4 nitrogen and oxygen atoms in total. The van der Waals surface area contributed by atoms with Gasteiger partial charge in [0, 0.05) is 29.0 Å². The molecule has 2 aromatic rings. The van der Waals surface area contributed by atoms with Gasteiger partial charge in [-0.05, 0) is 18.1 Å². The zero-order valence-electron chi connectivity index (χ0n) is 13.4. The molecule has 2 rings (SSSR count). The van der Waals surface area contributed by atoms with Gasteiger partial charge in [-0.1, -0.05) is 35.8 Å². The van der Waals surface area contributed by atoms with Crippen molar-refractivity contribution < 1.29 is 4.39 Å². The highest BCUT2D eigenvalue weighted by molar-refractivity contribution is 9.10. The maximum atomic E-state index is 13.8. The Balaban J connectivity index is 1.88. The summed E-state index contributed by atoms with van der Waals surface area (Å²) in [5.74, 6) is 0.801. The molecule has 0 spiro atoms. The first-order valence-electron chi connectivity index (χ1n) is 7.32. The van der Waals surface area contributed by atoms with Crippen molar-refractivity contribution in [1.82, 2.24) is 15.6 Å². The van der Waals surface area contributed by atoms with Crippen molar-refractivity contribution in [2.24, 2.45) is 4.99 Å². The smallest absolute Gasteiger partial charge is 0.191 e. The third kappa shape index (κ3) is 5.28. The quantitative estimate of drug-likeness (QED) is 0.590. The number of nitrogens with one attached hydrogen (secondary N) is 2. The van der Waals surface area contributed by atoms with Crippen molar-refractivity contribution in [1.29, 1.82) is 0 Å². The fraction of sp³-hybridized carbons (Fsp3) is 0.375. The Morgan fingerprint density at radius 3 is 2.70 bits per heavy atom. The summed E-state index contributed by atoms with van der Waals surface area (Å²) in [6.07, 6.45) is 0. The van der Waals surface area contributed by atoms with Crippen LogP contribution < -0.4 is 10.6 Å². The molecule has 0 bridgehead atoms. The standard InChI is InChI=1S/C16H20BrFN4S/c1-10(2)14-9-23-15(22-14)8-21-16(19-3)20-7-11-4-5-12(17)6-13(11)18/h4-6,9-10H,7-8H2,1-3H3,(H2,19,20,21). The Morgan fingerprint density at radius 2 is 2.09 bits per heavy atom. The van der Waals surface area contributed by atoms with Crippen LogP contribution in [0.4, 0.5) is 4.39 Å². The molecule has 1 aromatic heterocycles. The molecule has 1 heterocycles.